The number of pyridine rings is 1. The van der Waals surface area contributed by atoms with Crippen molar-refractivity contribution in [2.75, 3.05) is 0 Å². The molecule has 0 spiro atoms. The van der Waals surface area contributed by atoms with Gasteiger partial charge in [-0.1, -0.05) is 27.7 Å². The van der Waals surface area contributed by atoms with Crippen LogP contribution >= 0.6 is 0 Å². The van der Waals surface area contributed by atoms with E-state index >= 15 is 0 Å². The highest BCUT2D eigenvalue weighted by Crippen LogP contribution is 2.31. The fourth-order valence-electron chi connectivity index (χ4n) is 1.84. The number of carbonyl (C=O) groups excluding carboxylic acids is 2. The number of nitrogens with one attached hydrogen (secondary N) is 1. The molecule has 0 aliphatic carbocycles. The third kappa shape index (κ3) is 7.34. The molecule has 0 saturated carbocycles. The van der Waals surface area contributed by atoms with Crippen molar-refractivity contribution in [1.82, 2.24) is 10.3 Å². The molecule has 2 atom stereocenters. The highest BCUT2D eigenvalue weighted by atomic mass is 16.4. The van der Waals surface area contributed by atoms with Crippen molar-refractivity contribution in [1.29, 1.82) is 0 Å². The molecule has 1 aromatic rings. The van der Waals surface area contributed by atoms with Gasteiger partial charge >= 0.3 is 5.97 Å². The Hall–Kier alpha value is -2.48. The molecular weight excluding hydrogens is 352 g/mol. The van der Waals surface area contributed by atoms with E-state index in [-0.39, 0.29) is 28.7 Å². The fraction of sp³-hybridized carbons (Fsp3) is 0.579. The van der Waals surface area contributed by atoms with Crippen LogP contribution in [0.4, 0.5) is 0 Å². The van der Waals surface area contributed by atoms with Gasteiger partial charge in [0.25, 0.3) is 0 Å². The van der Waals surface area contributed by atoms with Gasteiger partial charge < -0.3 is 20.6 Å². The van der Waals surface area contributed by atoms with E-state index < -0.39 is 29.9 Å². The second-order valence-electron chi connectivity index (χ2n) is 6.98. The molecule has 152 valence electrons. The van der Waals surface area contributed by atoms with Crippen LogP contribution in [0.3, 0.4) is 0 Å². The Balaban J connectivity index is 0.000000972. The number of aliphatic hydroxyl groups excluding tert-OH is 1. The van der Waals surface area contributed by atoms with E-state index in [1.165, 1.54) is 13.1 Å². The predicted octanol–water partition coefficient (Wildman–Crippen LogP) is 1.89. The van der Waals surface area contributed by atoms with Crippen LogP contribution in [-0.4, -0.2) is 44.0 Å². The lowest BCUT2D eigenvalue weighted by molar-refractivity contribution is -0.145. The van der Waals surface area contributed by atoms with Crippen LogP contribution in [0, 0.1) is 25.7 Å². The van der Waals surface area contributed by atoms with Crippen LogP contribution in [0.15, 0.2) is 6.20 Å². The highest BCUT2D eigenvalue weighted by Gasteiger charge is 2.33. The van der Waals surface area contributed by atoms with Crippen LogP contribution in [0.2, 0.25) is 0 Å². The van der Waals surface area contributed by atoms with Gasteiger partial charge in [-0.3, -0.25) is 14.6 Å². The van der Waals surface area contributed by atoms with Crippen molar-refractivity contribution in [2.24, 2.45) is 11.8 Å². The number of hydrogen-bond acceptors (Lipinski definition) is 6. The number of Topliss-reactive ketones (excluding diaryl/α,β-unsaturated/α-hetero) is 1. The monoisotopic (exact) mass is 382 g/mol. The molecule has 0 saturated heterocycles. The molecule has 0 bridgehead atoms. The molecule has 0 aliphatic rings. The Morgan fingerprint density at radius 2 is 1.56 bits per heavy atom. The van der Waals surface area contributed by atoms with Crippen LogP contribution in [-0.2, 0) is 14.4 Å². The number of carboxylic acids is 1. The average Bonchev–Trinajstić information content (AvgIpc) is 2.55. The number of rotatable bonds is 6. The number of carbonyl (C=O) groups is 3. The normalized spacial score (nSPS) is 12.8. The number of aromatic nitrogens is 1. The Kier molecular flexibility index (Phi) is 9.64. The molecule has 2 unspecified atom stereocenters. The van der Waals surface area contributed by atoms with Crippen molar-refractivity contribution >= 4 is 17.7 Å². The zero-order valence-electron chi connectivity index (χ0n) is 16.9. The molecule has 8 heteroatoms. The topological polar surface area (TPSA) is 137 Å². The first-order chi connectivity index (χ1) is 12.3. The van der Waals surface area contributed by atoms with E-state index in [1.807, 2.05) is 13.8 Å². The van der Waals surface area contributed by atoms with Crippen molar-refractivity contribution in [2.45, 2.75) is 60.6 Å². The summed E-state index contributed by atoms with van der Waals surface area (Å²) in [4.78, 5) is 37.0. The summed E-state index contributed by atoms with van der Waals surface area (Å²) in [7, 11) is 0. The molecule has 4 N–H and O–H groups in total. The SMILES string of the molecule is CC(=O)C(C)C.Cc1cnc(C)c(O)c1C(O)C(NC(=O)C(C)C)C(=O)O. The number of aromatic hydroxyl groups is 1. The summed E-state index contributed by atoms with van der Waals surface area (Å²) >= 11 is 0. The van der Waals surface area contributed by atoms with Gasteiger partial charge in [0.1, 0.15) is 17.6 Å². The van der Waals surface area contributed by atoms with Crippen LogP contribution < -0.4 is 5.32 Å². The number of ketones is 1. The molecule has 1 aromatic heterocycles. The quantitative estimate of drug-likeness (QED) is 0.589. The van der Waals surface area contributed by atoms with Crippen LogP contribution in [0.5, 0.6) is 5.75 Å². The summed E-state index contributed by atoms with van der Waals surface area (Å²) in [5, 5.41) is 31.8. The maximum atomic E-state index is 11.7. The first-order valence-corrected chi connectivity index (χ1v) is 8.67. The molecule has 1 heterocycles. The zero-order chi connectivity index (χ0) is 21.5. The minimum atomic E-state index is -1.58. The van der Waals surface area contributed by atoms with Gasteiger partial charge in [-0.05, 0) is 26.3 Å². The standard InChI is InChI=1S/C14H20N2O5.C5H10O/c1-6(2)13(19)16-10(14(20)21)12(18)9-7(3)5-15-8(4)11(9)17;1-4(2)5(3)6/h5-6,10,12,17-18H,1-4H3,(H,16,19)(H,20,21);4H,1-3H3. The van der Waals surface area contributed by atoms with E-state index in [9.17, 15) is 29.7 Å². The first kappa shape index (κ1) is 24.5. The lowest BCUT2D eigenvalue weighted by atomic mass is 9.97. The Bertz CT molecular complexity index is 685. The summed E-state index contributed by atoms with van der Waals surface area (Å²) in [5.74, 6) is -2.10. The number of amides is 1. The average molecular weight is 382 g/mol. The summed E-state index contributed by atoms with van der Waals surface area (Å²) in [6, 6.07) is -1.55. The van der Waals surface area contributed by atoms with E-state index in [2.05, 4.69) is 10.3 Å². The molecular formula is C19H30N2O6. The number of carboxylic acid groups (broad SMARTS) is 1. The van der Waals surface area contributed by atoms with Gasteiger partial charge in [0, 0.05) is 23.6 Å². The summed E-state index contributed by atoms with van der Waals surface area (Å²) in [6.45, 7) is 11.7. The molecule has 0 radical (unpaired) electrons. The summed E-state index contributed by atoms with van der Waals surface area (Å²) in [5.41, 5.74) is 0.767. The van der Waals surface area contributed by atoms with Gasteiger partial charge in [0.15, 0.2) is 6.04 Å². The van der Waals surface area contributed by atoms with Gasteiger partial charge in [-0.2, -0.15) is 0 Å². The molecule has 1 amide bonds. The van der Waals surface area contributed by atoms with Crippen LogP contribution in [0.1, 0.15) is 57.5 Å². The van der Waals surface area contributed by atoms with Crippen molar-refractivity contribution in [3.05, 3.63) is 23.0 Å². The Labute approximate surface area is 159 Å². The van der Waals surface area contributed by atoms with E-state index in [0.717, 1.165) is 0 Å². The molecule has 1 rings (SSSR count). The van der Waals surface area contributed by atoms with Crippen LogP contribution in [0.25, 0.3) is 0 Å². The number of aryl methyl sites for hydroxylation is 2. The molecule has 27 heavy (non-hydrogen) atoms. The van der Waals surface area contributed by atoms with E-state index in [4.69, 9.17) is 0 Å². The number of nitrogens with zero attached hydrogens (tertiary/aromatic N) is 1. The molecule has 0 aromatic carbocycles. The van der Waals surface area contributed by atoms with Crippen molar-refractivity contribution in [3.63, 3.8) is 0 Å². The number of aliphatic carboxylic acids is 1. The van der Waals surface area contributed by atoms with Gasteiger partial charge in [-0.25, -0.2) is 4.79 Å². The Morgan fingerprint density at radius 1 is 1.07 bits per heavy atom. The molecule has 8 nitrogen and oxygen atoms in total. The number of aliphatic hydroxyl groups is 1. The number of hydrogen-bond donors (Lipinski definition) is 4. The largest absolute Gasteiger partial charge is 0.506 e. The van der Waals surface area contributed by atoms with Gasteiger partial charge in [-0.15, -0.1) is 0 Å². The lowest BCUT2D eigenvalue weighted by Gasteiger charge is -2.24. The maximum Gasteiger partial charge on any atom is 0.329 e. The van der Waals surface area contributed by atoms with Crippen molar-refractivity contribution in [3.8, 4) is 5.75 Å². The third-order valence-electron chi connectivity index (χ3n) is 3.99. The zero-order valence-corrected chi connectivity index (χ0v) is 16.9. The predicted molar refractivity (Wildman–Crippen MR) is 100 cm³/mol. The minimum Gasteiger partial charge on any atom is -0.506 e. The maximum absolute atomic E-state index is 11.7. The lowest BCUT2D eigenvalue weighted by Crippen LogP contribution is -2.46. The summed E-state index contributed by atoms with van der Waals surface area (Å²) < 4.78 is 0. The second kappa shape index (κ2) is 10.6. The minimum absolute atomic E-state index is 0.0546. The van der Waals surface area contributed by atoms with Gasteiger partial charge in [0.2, 0.25) is 5.91 Å². The first-order valence-electron chi connectivity index (χ1n) is 8.67. The smallest absolute Gasteiger partial charge is 0.329 e. The van der Waals surface area contributed by atoms with E-state index in [1.54, 1.807) is 27.7 Å². The van der Waals surface area contributed by atoms with Crippen molar-refractivity contribution < 1.29 is 29.7 Å². The van der Waals surface area contributed by atoms with Gasteiger partial charge in [0.05, 0.1) is 5.69 Å². The second-order valence-corrected chi connectivity index (χ2v) is 6.98. The third-order valence-corrected chi connectivity index (χ3v) is 3.99. The molecule has 0 aliphatic heterocycles. The van der Waals surface area contributed by atoms with E-state index in [0.29, 0.717) is 5.56 Å². The Morgan fingerprint density at radius 3 is 1.93 bits per heavy atom. The highest BCUT2D eigenvalue weighted by molar-refractivity contribution is 5.85. The fourth-order valence-corrected chi connectivity index (χ4v) is 1.84. The molecule has 0 fully saturated rings. The summed E-state index contributed by atoms with van der Waals surface area (Å²) in [6.07, 6.45) is -0.150.